The van der Waals surface area contributed by atoms with Crippen LogP contribution in [0.3, 0.4) is 0 Å². The summed E-state index contributed by atoms with van der Waals surface area (Å²) in [6.45, 7) is 3.22. The molecule has 0 bridgehead atoms. The third-order valence-corrected chi connectivity index (χ3v) is 5.39. The lowest BCUT2D eigenvalue weighted by atomic mass is 9.96. The summed E-state index contributed by atoms with van der Waals surface area (Å²) in [6.07, 6.45) is 3.47. The van der Waals surface area contributed by atoms with Gasteiger partial charge in [0.15, 0.2) is 0 Å². The van der Waals surface area contributed by atoms with E-state index in [4.69, 9.17) is 5.73 Å². The Labute approximate surface area is 164 Å². The van der Waals surface area contributed by atoms with Gasteiger partial charge in [-0.2, -0.15) is 0 Å². The molecule has 152 valence electrons. The van der Waals surface area contributed by atoms with Gasteiger partial charge in [0.2, 0.25) is 5.91 Å². The molecule has 1 aromatic rings. The molecule has 2 saturated heterocycles. The van der Waals surface area contributed by atoms with Gasteiger partial charge in [0.05, 0.1) is 10.8 Å². The van der Waals surface area contributed by atoms with Gasteiger partial charge in [-0.05, 0) is 37.8 Å². The Morgan fingerprint density at radius 1 is 1.21 bits per heavy atom. The molecule has 2 heterocycles. The van der Waals surface area contributed by atoms with Crippen LogP contribution in [-0.2, 0) is 4.79 Å². The predicted octanol–water partition coefficient (Wildman–Crippen LogP) is 1.12. The molecule has 2 fully saturated rings. The summed E-state index contributed by atoms with van der Waals surface area (Å²) in [5, 5.41) is 14.3. The molecule has 0 spiro atoms. The summed E-state index contributed by atoms with van der Waals surface area (Å²) in [6, 6.07) is 4.70. The number of nitrogens with one attached hydrogen (secondary N) is 1. The van der Waals surface area contributed by atoms with Crippen LogP contribution >= 0.6 is 0 Å². The van der Waals surface area contributed by atoms with Crippen molar-refractivity contribution in [3.05, 3.63) is 33.9 Å². The maximum absolute atomic E-state index is 12.9. The second kappa shape index (κ2) is 9.01. The highest BCUT2D eigenvalue weighted by Gasteiger charge is 2.30. The largest absolute Gasteiger partial charge is 0.366 e. The van der Waals surface area contributed by atoms with Crippen molar-refractivity contribution in [3.8, 4) is 0 Å². The van der Waals surface area contributed by atoms with Gasteiger partial charge in [-0.1, -0.05) is 0 Å². The Kier molecular flexibility index (Phi) is 6.45. The third kappa shape index (κ3) is 4.41. The van der Waals surface area contributed by atoms with E-state index in [1.807, 2.05) is 4.90 Å². The molecular formula is C19H27N5O4. The number of likely N-dealkylation sites (tertiary alicyclic amines) is 1. The normalized spacial score (nSPS) is 19.5. The van der Waals surface area contributed by atoms with Crippen LogP contribution in [0.4, 0.5) is 11.4 Å². The van der Waals surface area contributed by atoms with Crippen LogP contribution in [-0.4, -0.2) is 60.9 Å². The average Bonchev–Trinajstić information content (AvgIpc) is 3.25. The van der Waals surface area contributed by atoms with E-state index in [1.165, 1.54) is 6.07 Å². The fourth-order valence-electron chi connectivity index (χ4n) is 3.93. The minimum atomic E-state index is -0.427. The molecule has 0 aromatic heterocycles. The summed E-state index contributed by atoms with van der Waals surface area (Å²) in [5.41, 5.74) is 6.23. The summed E-state index contributed by atoms with van der Waals surface area (Å²) in [4.78, 5) is 39.9. The molecule has 3 rings (SSSR count). The van der Waals surface area contributed by atoms with Crippen molar-refractivity contribution in [2.24, 2.45) is 11.7 Å². The van der Waals surface area contributed by atoms with E-state index >= 15 is 0 Å². The summed E-state index contributed by atoms with van der Waals surface area (Å²) in [5.74, 6) is -0.645. The second-order valence-corrected chi connectivity index (χ2v) is 7.32. The number of hydrogen-bond acceptors (Lipinski definition) is 6. The first-order valence-electron chi connectivity index (χ1n) is 9.81. The van der Waals surface area contributed by atoms with Crippen molar-refractivity contribution in [2.75, 3.05) is 44.2 Å². The van der Waals surface area contributed by atoms with Gasteiger partial charge >= 0.3 is 0 Å². The molecule has 2 aliphatic heterocycles. The molecule has 1 unspecified atom stereocenters. The van der Waals surface area contributed by atoms with Crippen LogP contribution in [0.1, 0.15) is 36.0 Å². The van der Waals surface area contributed by atoms with Gasteiger partial charge in [-0.15, -0.1) is 0 Å². The van der Waals surface area contributed by atoms with E-state index in [2.05, 4.69) is 5.32 Å². The lowest BCUT2D eigenvalue weighted by Crippen LogP contribution is -2.46. The summed E-state index contributed by atoms with van der Waals surface area (Å²) < 4.78 is 0. The first-order valence-corrected chi connectivity index (χ1v) is 9.81. The summed E-state index contributed by atoms with van der Waals surface area (Å²) in [7, 11) is 0. The first-order chi connectivity index (χ1) is 13.5. The quantitative estimate of drug-likeness (QED) is 0.555. The minimum Gasteiger partial charge on any atom is -0.366 e. The number of carbonyl (C=O) groups is 2. The van der Waals surface area contributed by atoms with Crippen LogP contribution in [0.15, 0.2) is 18.2 Å². The highest BCUT2D eigenvalue weighted by Crippen LogP contribution is 2.32. The number of piperidine rings is 1. The van der Waals surface area contributed by atoms with E-state index in [0.717, 1.165) is 32.4 Å². The van der Waals surface area contributed by atoms with Crippen LogP contribution < -0.4 is 16.0 Å². The van der Waals surface area contributed by atoms with E-state index in [1.54, 1.807) is 17.0 Å². The summed E-state index contributed by atoms with van der Waals surface area (Å²) >= 11 is 0. The zero-order chi connectivity index (χ0) is 20.1. The molecule has 0 saturated carbocycles. The topological polar surface area (TPSA) is 122 Å². The highest BCUT2D eigenvalue weighted by atomic mass is 16.6. The van der Waals surface area contributed by atoms with Crippen molar-refractivity contribution in [1.82, 2.24) is 10.2 Å². The van der Waals surface area contributed by atoms with Crippen molar-refractivity contribution >= 4 is 23.2 Å². The predicted molar refractivity (Wildman–Crippen MR) is 105 cm³/mol. The molecule has 0 radical (unpaired) electrons. The molecule has 9 nitrogen and oxygen atoms in total. The van der Waals surface area contributed by atoms with Crippen LogP contribution in [0, 0.1) is 16.0 Å². The number of hydrogen-bond donors (Lipinski definition) is 2. The van der Waals surface area contributed by atoms with Gasteiger partial charge in [-0.25, -0.2) is 0 Å². The Bertz CT molecular complexity index is 748. The zero-order valence-corrected chi connectivity index (χ0v) is 15.9. The standard InChI is InChI=1S/C19H27N5O4/c20-7-8-21-18(25)15-4-3-11-23(13-15)19(26)14-5-6-16(17(12-14)24(27)28)22-9-1-2-10-22/h5-6,12,15H,1-4,7-11,13,20H2,(H,21,25). The molecule has 1 atom stereocenters. The van der Waals surface area contributed by atoms with E-state index in [9.17, 15) is 19.7 Å². The van der Waals surface area contributed by atoms with Gasteiger partial charge < -0.3 is 20.9 Å². The van der Waals surface area contributed by atoms with Gasteiger partial charge in [0.25, 0.3) is 11.6 Å². The van der Waals surface area contributed by atoms with E-state index < -0.39 is 4.92 Å². The maximum atomic E-state index is 12.9. The lowest BCUT2D eigenvalue weighted by molar-refractivity contribution is -0.384. The molecule has 3 N–H and O–H groups in total. The smallest absolute Gasteiger partial charge is 0.293 e. The Balaban J connectivity index is 1.75. The van der Waals surface area contributed by atoms with Crippen molar-refractivity contribution in [1.29, 1.82) is 0 Å². The number of nitrogens with zero attached hydrogens (tertiary/aromatic N) is 3. The fraction of sp³-hybridized carbons (Fsp3) is 0.579. The molecular weight excluding hydrogens is 362 g/mol. The maximum Gasteiger partial charge on any atom is 0.293 e. The lowest BCUT2D eigenvalue weighted by Gasteiger charge is -2.32. The molecule has 9 heteroatoms. The number of carbonyl (C=O) groups excluding carboxylic acids is 2. The van der Waals surface area contributed by atoms with Gasteiger partial charge in [0.1, 0.15) is 5.69 Å². The number of nitrogens with two attached hydrogens (primary N) is 1. The number of rotatable bonds is 6. The Morgan fingerprint density at radius 3 is 2.64 bits per heavy atom. The minimum absolute atomic E-state index is 0.0398. The van der Waals surface area contributed by atoms with Crippen molar-refractivity contribution < 1.29 is 14.5 Å². The third-order valence-electron chi connectivity index (χ3n) is 5.39. The average molecular weight is 389 g/mol. The number of anilines is 1. The highest BCUT2D eigenvalue weighted by molar-refractivity contribution is 5.96. The molecule has 0 aliphatic carbocycles. The van der Waals surface area contributed by atoms with Crippen molar-refractivity contribution in [2.45, 2.75) is 25.7 Å². The van der Waals surface area contributed by atoms with Gasteiger partial charge in [0, 0.05) is 50.9 Å². The van der Waals surface area contributed by atoms with E-state index in [-0.39, 0.29) is 29.0 Å². The first kappa shape index (κ1) is 20.1. The van der Waals surface area contributed by atoms with E-state index in [0.29, 0.717) is 38.3 Å². The number of nitro benzene ring substituents is 1. The molecule has 28 heavy (non-hydrogen) atoms. The molecule has 2 aliphatic rings. The fourth-order valence-corrected chi connectivity index (χ4v) is 3.93. The van der Waals surface area contributed by atoms with Crippen LogP contribution in [0.2, 0.25) is 0 Å². The molecule has 1 aromatic carbocycles. The monoisotopic (exact) mass is 389 g/mol. The number of nitro groups is 1. The Morgan fingerprint density at radius 2 is 1.96 bits per heavy atom. The van der Waals surface area contributed by atoms with Crippen LogP contribution in [0.5, 0.6) is 0 Å². The van der Waals surface area contributed by atoms with Gasteiger partial charge in [-0.3, -0.25) is 19.7 Å². The molecule has 2 amide bonds. The Hall–Kier alpha value is -2.68. The zero-order valence-electron chi connectivity index (χ0n) is 15.9. The van der Waals surface area contributed by atoms with Crippen molar-refractivity contribution in [3.63, 3.8) is 0 Å². The number of amides is 2. The van der Waals surface area contributed by atoms with Crippen LogP contribution in [0.25, 0.3) is 0 Å². The number of benzene rings is 1. The SMILES string of the molecule is NCCNC(=O)C1CCCN(C(=O)c2ccc(N3CCCC3)c([N+](=O)[O-])c2)C1. The second-order valence-electron chi connectivity index (χ2n) is 7.32.